The summed E-state index contributed by atoms with van der Waals surface area (Å²) in [5, 5.41) is 14.6. The lowest BCUT2D eigenvalue weighted by atomic mass is 10.0. The molecule has 0 radical (unpaired) electrons. The fourth-order valence-corrected chi connectivity index (χ4v) is 2.00. The van der Waals surface area contributed by atoms with E-state index in [1.54, 1.807) is 6.20 Å². The van der Waals surface area contributed by atoms with Crippen LogP contribution in [0.5, 0.6) is 0 Å². The molecule has 112 valence electrons. The van der Waals surface area contributed by atoms with E-state index in [4.69, 9.17) is 0 Å². The number of hydrogen-bond acceptors (Lipinski definition) is 5. The Morgan fingerprint density at radius 1 is 1.14 bits per heavy atom. The molecule has 0 aliphatic carbocycles. The molecule has 1 aromatic carbocycles. The quantitative estimate of drug-likeness (QED) is 0.841. The third kappa shape index (κ3) is 4.15. The second-order valence-electron chi connectivity index (χ2n) is 5.49. The van der Waals surface area contributed by atoms with Gasteiger partial charge in [-0.05, 0) is 30.9 Å². The normalized spacial score (nSPS) is 12.2. The van der Waals surface area contributed by atoms with E-state index in [1.807, 2.05) is 6.07 Å². The Balaban J connectivity index is 2.18. The molecule has 1 unspecified atom stereocenters. The minimum atomic E-state index is 0.324. The van der Waals surface area contributed by atoms with Crippen molar-refractivity contribution in [3.05, 3.63) is 36.0 Å². The Labute approximate surface area is 126 Å². The first kappa shape index (κ1) is 15.2. The van der Waals surface area contributed by atoms with Crippen molar-refractivity contribution >= 4 is 17.5 Å². The average molecular weight is 285 g/mol. The summed E-state index contributed by atoms with van der Waals surface area (Å²) < 4.78 is 0. The van der Waals surface area contributed by atoms with Gasteiger partial charge in [0.25, 0.3) is 0 Å². The molecule has 0 fully saturated rings. The lowest BCUT2D eigenvalue weighted by Crippen LogP contribution is -2.16. The van der Waals surface area contributed by atoms with E-state index >= 15 is 0 Å². The highest BCUT2D eigenvalue weighted by Gasteiger charge is 2.08. The van der Waals surface area contributed by atoms with Crippen LogP contribution in [0.3, 0.4) is 0 Å². The van der Waals surface area contributed by atoms with Gasteiger partial charge in [-0.15, -0.1) is 5.10 Å². The van der Waals surface area contributed by atoms with Crippen LogP contribution >= 0.6 is 0 Å². The fraction of sp³-hybridized carbons (Fsp3) is 0.438. The molecular weight excluding hydrogens is 262 g/mol. The number of benzene rings is 1. The first-order valence-corrected chi connectivity index (χ1v) is 7.42. The Kier molecular flexibility index (Phi) is 5.09. The van der Waals surface area contributed by atoms with E-state index in [1.165, 1.54) is 5.56 Å². The first-order chi connectivity index (χ1) is 10.1. The number of nitrogens with zero attached hydrogens (tertiary/aromatic N) is 3. The molecule has 0 saturated heterocycles. The predicted octanol–water partition coefficient (Wildman–Crippen LogP) is 3.95. The SMILES string of the molecule is CCC(C)Nc1nncc(Nc2ccccc2C(C)C)n1. The molecule has 1 atom stereocenters. The van der Waals surface area contributed by atoms with Gasteiger partial charge in [0.2, 0.25) is 5.95 Å². The van der Waals surface area contributed by atoms with Gasteiger partial charge in [0.05, 0.1) is 6.20 Å². The van der Waals surface area contributed by atoms with Crippen LogP contribution in [0.1, 0.15) is 45.6 Å². The minimum absolute atomic E-state index is 0.324. The van der Waals surface area contributed by atoms with Crippen molar-refractivity contribution in [3.63, 3.8) is 0 Å². The summed E-state index contributed by atoms with van der Waals surface area (Å²) in [4.78, 5) is 4.46. The fourth-order valence-electron chi connectivity index (χ4n) is 2.00. The zero-order valence-electron chi connectivity index (χ0n) is 13.1. The lowest BCUT2D eigenvalue weighted by molar-refractivity contribution is 0.746. The van der Waals surface area contributed by atoms with Gasteiger partial charge in [-0.1, -0.05) is 39.0 Å². The van der Waals surface area contributed by atoms with E-state index in [2.05, 4.69) is 71.7 Å². The van der Waals surface area contributed by atoms with E-state index in [0.717, 1.165) is 12.1 Å². The highest BCUT2D eigenvalue weighted by molar-refractivity contribution is 5.61. The van der Waals surface area contributed by atoms with Crippen molar-refractivity contribution in [2.24, 2.45) is 0 Å². The third-order valence-electron chi connectivity index (χ3n) is 3.39. The molecule has 0 saturated carbocycles. The van der Waals surface area contributed by atoms with Crippen LogP contribution < -0.4 is 10.6 Å². The Morgan fingerprint density at radius 3 is 2.62 bits per heavy atom. The molecule has 5 heteroatoms. The number of hydrogen-bond donors (Lipinski definition) is 2. The van der Waals surface area contributed by atoms with Crippen molar-refractivity contribution in [2.75, 3.05) is 10.6 Å². The van der Waals surface area contributed by atoms with Crippen LogP contribution in [0.15, 0.2) is 30.5 Å². The maximum absolute atomic E-state index is 4.46. The number of anilines is 3. The average Bonchev–Trinajstić information content (AvgIpc) is 2.48. The molecule has 5 nitrogen and oxygen atoms in total. The Morgan fingerprint density at radius 2 is 1.90 bits per heavy atom. The predicted molar refractivity (Wildman–Crippen MR) is 87.0 cm³/mol. The van der Waals surface area contributed by atoms with E-state index in [0.29, 0.717) is 23.7 Å². The highest BCUT2D eigenvalue weighted by Crippen LogP contribution is 2.26. The molecule has 2 aromatic rings. The second kappa shape index (κ2) is 7.02. The lowest BCUT2D eigenvalue weighted by Gasteiger charge is -2.15. The molecule has 0 aliphatic heterocycles. The Hall–Kier alpha value is -2.17. The number of nitrogens with one attached hydrogen (secondary N) is 2. The molecular formula is C16H23N5. The van der Waals surface area contributed by atoms with Crippen LogP contribution in [0.25, 0.3) is 0 Å². The van der Waals surface area contributed by atoms with Crippen LogP contribution in [0.2, 0.25) is 0 Å². The Bertz CT molecular complexity index is 582. The zero-order valence-corrected chi connectivity index (χ0v) is 13.1. The maximum atomic E-state index is 4.46. The van der Waals surface area contributed by atoms with Gasteiger partial charge >= 0.3 is 0 Å². The molecule has 0 aliphatic rings. The van der Waals surface area contributed by atoms with Crippen molar-refractivity contribution in [2.45, 2.75) is 46.1 Å². The molecule has 0 spiro atoms. The summed E-state index contributed by atoms with van der Waals surface area (Å²) in [6, 6.07) is 8.57. The van der Waals surface area contributed by atoms with Gasteiger partial charge < -0.3 is 10.6 Å². The summed E-state index contributed by atoms with van der Waals surface area (Å²) in [7, 11) is 0. The standard InChI is InChI=1S/C16H23N5/c1-5-12(4)18-16-20-15(10-17-21-16)19-14-9-7-6-8-13(14)11(2)3/h6-12H,5H2,1-4H3,(H2,18,19,20,21). The topological polar surface area (TPSA) is 62.7 Å². The smallest absolute Gasteiger partial charge is 0.244 e. The van der Waals surface area contributed by atoms with Gasteiger partial charge in [0.15, 0.2) is 5.82 Å². The van der Waals surface area contributed by atoms with Crippen LogP contribution in [0.4, 0.5) is 17.5 Å². The van der Waals surface area contributed by atoms with E-state index in [-0.39, 0.29) is 0 Å². The van der Waals surface area contributed by atoms with Gasteiger partial charge in [0.1, 0.15) is 0 Å². The van der Waals surface area contributed by atoms with Gasteiger partial charge in [-0.25, -0.2) is 0 Å². The number of aromatic nitrogens is 3. The number of rotatable bonds is 6. The molecule has 0 amide bonds. The molecule has 2 rings (SSSR count). The minimum Gasteiger partial charge on any atom is -0.350 e. The molecule has 1 heterocycles. The van der Waals surface area contributed by atoms with Crippen molar-refractivity contribution in [3.8, 4) is 0 Å². The molecule has 0 bridgehead atoms. The van der Waals surface area contributed by atoms with Crippen molar-refractivity contribution in [1.29, 1.82) is 0 Å². The van der Waals surface area contributed by atoms with E-state index < -0.39 is 0 Å². The largest absolute Gasteiger partial charge is 0.350 e. The molecule has 2 N–H and O–H groups in total. The summed E-state index contributed by atoms with van der Waals surface area (Å²) in [6.45, 7) is 8.56. The third-order valence-corrected chi connectivity index (χ3v) is 3.39. The van der Waals surface area contributed by atoms with Gasteiger partial charge in [-0.2, -0.15) is 10.1 Å². The van der Waals surface area contributed by atoms with Gasteiger partial charge in [0, 0.05) is 11.7 Å². The number of para-hydroxylation sites is 1. The van der Waals surface area contributed by atoms with Crippen LogP contribution in [-0.4, -0.2) is 21.2 Å². The summed E-state index contributed by atoms with van der Waals surface area (Å²) in [5.41, 5.74) is 2.31. The van der Waals surface area contributed by atoms with Crippen molar-refractivity contribution in [1.82, 2.24) is 15.2 Å². The second-order valence-corrected chi connectivity index (χ2v) is 5.49. The maximum Gasteiger partial charge on any atom is 0.244 e. The summed E-state index contributed by atoms with van der Waals surface area (Å²) in [5.74, 6) is 1.70. The molecule has 21 heavy (non-hydrogen) atoms. The van der Waals surface area contributed by atoms with Crippen molar-refractivity contribution < 1.29 is 0 Å². The zero-order chi connectivity index (χ0) is 15.2. The summed E-state index contributed by atoms with van der Waals surface area (Å²) in [6.07, 6.45) is 2.65. The van der Waals surface area contributed by atoms with Crippen LogP contribution in [0, 0.1) is 0 Å². The summed E-state index contributed by atoms with van der Waals surface area (Å²) >= 11 is 0. The van der Waals surface area contributed by atoms with Gasteiger partial charge in [-0.3, -0.25) is 0 Å². The first-order valence-electron chi connectivity index (χ1n) is 7.42. The van der Waals surface area contributed by atoms with Crippen LogP contribution in [-0.2, 0) is 0 Å². The highest BCUT2D eigenvalue weighted by atomic mass is 15.3. The molecule has 1 aromatic heterocycles. The van der Waals surface area contributed by atoms with E-state index in [9.17, 15) is 0 Å². The monoisotopic (exact) mass is 285 g/mol.